The minimum absolute atomic E-state index is 0.0161. The smallest absolute Gasteiger partial charge is 0.326 e. The topological polar surface area (TPSA) is 205 Å². The van der Waals surface area contributed by atoms with Gasteiger partial charge >= 0.3 is 17.9 Å². The molecule has 0 heterocycles. The first-order chi connectivity index (χ1) is 19.1. The number of aliphatic hydroxyl groups excluding tert-OH is 1. The number of allylic oxidation sites excluding steroid dienone is 4. The van der Waals surface area contributed by atoms with E-state index in [2.05, 4.69) is 0 Å². The summed E-state index contributed by atoms with van der Waals surface area (Å²) in [7, 11) is 0. The molecule has 3 saturated carbocycles. The summed E-state index contributed by atoms with van der Waals surface area (Å²) in [6.45, 7) is 3.11. The number of hydrogen-bond donors (Lipinski definition) is 5. The molecule has 4 aliphatic rings. The van der Waals surface area contributed by atoms with Gasteiger partial charge in [0.25, 0.3) is 0 Å². The number of carboxylic acid groups (broad SMARTS) is 2. The molecule has 0 aromatic carbocycles. The molecule has 4 aliphatic carbocycles. The summed E-state index contributed by atoms with van der Waals surface area (Å²) in [4.78, 5) is 71.4. The standard InChI is InChI=1S/C29H37NO11/c1-27-9-7-16(31)11-15(27)3-4-17-18-8-10-29(40,28(18,2)13-20(32)25(17)27)21(33)14-41-24(37)6-5-22(34)30-19(26(38)39)12-23(35)36/h7,9,11,17-20,25,32,40H,3-6,8,10,12-14H2,1-2H3,(H,30,34)(H,35,36)(H,38,39)/t17-,18-,19-,20+,25+,27-,28-,29-/m0/s1. The van der Waals surface area contributed by atoms with E-state index in [4.69, 9.17) is 14.9 Å². The first kappa shape index (κ1) is 30.6. The van der Waals surface area contributed by atoms with E-state index >= 15 is 0 Å². The van der Waals surface area contributed by atoms with Crippen molar-refractivity contribution in [2.45, 2.75) is 83.0 Å². The number of esters is 1. The molecule has 0 aromatic heterocycles. The average molecular weight is 576 g/mol. The number of aliphatic carboxylic acids is 2. The normalized spacial score (nSPS) is 36.2. The molecule has 3 fully saturated rings. The van der Waals surface area contributed by atoms with Crippen molar-refractivity contribution in [3.05, 3.63) is 23.8 Å². The van der Waals surface area contributed by atoms with Gasteiger partial charge in [0, 0.05) is 23.2 Å². The third-order valence-electron chi connectivity index (χ3n) is 10.0. The second-order valence-electron chi connectivity index (χ2n) is 12.3. The van der Waals surface area contributed by atoms with Crippen molar-refractivity contribution in [1.82, 2.24) is 5.32 Å². The first-order valence-corrected chi connectivity index (χ1v) is 13.9. The predicted molar refractivity (Wildman–Crippen MR) is 140 cm³/mol. The van der Waals surface area contributed by atoms with Crippen LogP contribution in [0, 0.1) is 28.6 Å². The van der Waals surface area contributed by atoms with Crippen molar-refractivity contribution in [3.63, 3.8) is 0 Å². The highest BCUT2D eigenvalue weighted by Gasteiger charge is 2.68. The Kier molecular flexibility index (Phi) is 8.30. The maximum atomic E-state index is 13.3. The number of carbonyl (C=O) groups excluding carboxylic acids is 4. The number of rotatable bonds is 10. The summed E-state index contributed by atoms with van der Waals surface area (Å²) in [5.41, 5.74) is -2.28. The van der Waals surface area contributed by atoms with Gasteiger partial charge in [-0.1, -0.05) is 25.5 Å². The lowest BCUT2D eigenvalue weighted by Crippen LogP contribution is -2.61. The Balaban J connectivity index is 1.37. The third kappa shape index (κ3) is 5.46. The fourth-order valence-electron chi connectivity index (χ4n) is 7.98. The molecule has 0 spiro atoms. The highest BCUT2D eigenvalue weighted by atomic mass is 16.5. The van der Waals surface area contributed by atoms with Crippen LogP contribution in [0.5, 0.6) is 0 Å². The van der Waals surface area contributed by atoms with Crippen LogP contribution in [0.4, 0.5) is 0 Å². The van der Waals surface area contributed by atoms with Crippen molar-refractivity contribution in [1.29, 1.82) is 0 Å². The van der Waals surface area contributed by atoms with Crippen LogP contribution in [0.25, 0.3) is 0 Å². The van der Waals surface area contributed by atoms with E-state index in [9.17, 15) is 39.0 Å². The minimum atomic E-state index is -1.83. The molecule has 0 aromatic rings. The van der Waals surface area contributed by atoms with E-state index in [0.717, 1.165) is 12.0 Å². The molecule has 41 heavy (non-hydrogen) atoms. The van der Waals surface area contributed by atoms with Gasteiger partial charge in [-0.05, 0) is 56.1 Å². The van der Waals surface area contributed by atoms with Gasteiger partial charge in [-0.15, -0.1) is 0 Å². The molecule has 8 atom stereocenters. The summed E-state index contributed by atoms with van der Waals surface area (Å²) in [6.07, 6.45) is 4.74. The molecular weight excluding hydrogens is 538 g/mol. The van der Waals surface area contributed by atoms with Crippen LogP contribution in [0.15, 0.2) is 23.8 Å². The van der Waals surface area contributed by atoms with Crippen LogP contribution >= 0.6 is 0 Å². The lowest BCUT2D eigenvalue weighted by molar-refractivity contribution is -0.181. The monoisotopic (exact) mass is 575 g/mol. The first-order valence-electron chi connectivity index (χ1n) is 13.9. The SMILES string of the molecule is C[C@]12C=CC(=O)C=C1CC[C@@H]1[C@@H]2[C@H](O)C[C@@]2(C)[C@H]1CC[C@]2(O)C(=O)COC(=O)CCC(=O)N[C@@H](CC(=O)O)C(=O)O. The molecule has 12 heteroatoms. The number of ether oxygens (including phenoxy) is 1. The number of hydrogen-bond acceptors (Lipinski definition) is 9. The van der Waals surface area contributed by atoms with Crippen molar-refractivity contribution in [3.8, 4) is 0 Å². The second-order valence-corrected chi connectivity index (χ2v) is 12.3. The molecule has 0 unspecified atom stereocenters. The van der Waals surface area contributed by atoms with Crippen molar-refractivity contribution in [2.24, 2.45) is 28.6 Å². The van der Waals surface area contributed by atoms with E-state index in [-0.39, 0.29) is 36.4 Å². The van der Waals surface area contributed by atoms with Crippen LogP contribution in [-0.4, -0.2) is 80.2 Å². The van der Waals surface area contributed by atoms with E-state index in [1.807, 2.05) is 18.3 Å². The molecule has 4 rings (SSSR count). The maximum absolute atomic E-state index is 13.3. The number of nitrogens with one attached hydrogen (secondary N) is 1. The predicted octanol–water partition coefficient (Wildman–Crippen LogP) is 0.933. The minimum Gasteiger partial charge on any atom is -0.481 e. The van der Waals surface area contributed by atoms with Crippen LogP contribution in [0.2, 0.25) is 0 Å². The van der Waals surface area contributed by atoms with Crippen LogP contribution in [-0.2, 0) is 33.5 Å². The number of carbonyl (C=O) groups is 6. The summed E-state index contributed by atoms with van der Waals surface area (Å²) < 4.78 is 5.05. The zero-order chi connectivity index (χ0) is 30.3. The van der Waals surface area contributed by atoms with Gasteiger partial charge in [0.05, 0.1) is 18.9 Å². The number of carboxylic acids is 2. The van der Waals surface area contributed by atoms with E-state index < -0.39 is 84.0 Å². The average Bonchev–Trinajstić information content (AvgIpc) is 3.16. The van der Waals surface area contributed by atoms with Gasteiger partial charge in [-0.25, -0.2) is 4.79 Å². The molecule has 5 N–H and O–H groups in total. The molecule has 0 bridgehead atoms. The quantitative estimate of drug-likeness (QED) is 0.232. The van der Waals surface area contributed by atoms with Gasteiger partial charge in [-0.3, -0.25) is 24.0 Å². The Bertz CT molecular complexity index is 1220. The lowest BCUT2D eigenvalue weighted by atomic mass is 9.46. The lowest BCUT2D eigenvalue weighted by Gasteiger charge is -2.59. The van der Waals surface area contributed by atoms with Crippen LogP contribution < -0.4 is 5.32 Å². The summed E-state index contributed by atoms with van der Waals surface area (Å²) in [6, 6.07) is -1.65. The van der Waals surface area contributed by atoms with Gasteiger partial charge in [-0.2, -0.15) is 0 Å². The summed E-state index contributed by atoms with van der Waals surface area (Å²) in [5, 5.41) is 42.9. The van der Waals surface area contributed by atoms with Crippen LogP contribution in [0.1, 0.15) is 65.2 Å². The van der Waals surface area contributed by atoms with Gasteiger partial charge in [0.1, 0.15) is 11.6 Å². The molecule has 0 saturated heterocycles. The largest absolute Gasteiger partial charge is 0.481 e. The van der Waals surface area contributed by atoms with Gasteiger partial charge in [0.2, 0.25) is 11.7 Å². The Morgan fingerprint density at radius 1 is 1.12 bits per heavy atom. The fourth-order valence-corrected chi connectivity index (χ4v) is 7.98. The number of fused-ring (bicyclic) bond motifs is 5. The third-order valence-corrected chi connectivity index (χ3v) is 10.0. The summed E-state index contributed by atoms with van der Waals surface area (Å²) >= 11 is 0. The zero-order valence-corrected chi connectivity index (χ0v) is 23.1. The molecule has 1 amide bonds. The fraction of sp³-hybridized carbons (Fsp3) is 0.655. The summed E-state index contributed by atoms with van der Waals surface area (Å²) in [5.74, 6) is -5.70. The van der Waals surface area contributed by atoms with Gasteiger partial charge < -0.3 is 30.5 Å². The molecule has 224 valence electrons. The van der Waals surface area contributed by atoms with Gasteiger partial charge in [0.15, 0.2) is 12.4 Å². The van der Waals surface area contributed by atoms with Crippen molar-refractivity contribution < 1.29 is 53.9 Å². The maximum Gasteiger partial charge on any atom is 0.326 e. The number of amides is 1. The highest BCUT2D eigenvalue weighted by Crippen LogP contribution is 2.67. The number of ketones is 2. The Morgan fingerprint density at radius 3 is 2.49 bits per heavy atom. The van der Waals surface area contributed by atoms with E-state index in [1.54, 1.807) is 19.1 Å². The molecule has 0 radical (unpaired) electrons. The Morgan fingerprint density at radius 2 is 1.83 bits per heavy atom. The second kappa shape index (κ2) is 11.1. The molecule has 0 aliphatic heterocycles. The number of aliphatic hydroxyl groups is 2. The van der Waals surface area contributed by atoms with Crippen molar-refractivity contribution >= 4 is 35.4 Å². The Labute approximate surface area is 236 Å². The van der Waals surface area contributed by atoms with Crippen LogP contribution in [0.3, 0.4) is 0 Å². The highest BCUT2D eigenvalue weighted by molar-refractivity contribution is 6.01. The molecule has 12 nitrogen and oxygen atoms in total. The number of Topliss-reactive ketones (excluding diaryl/α,β-unsaturated/α-hetero) is 1. The zero-order valence-electron chi connectivity index (χ0n) is 23.1. The van der Waals surface area contributed by atoms with E-state index in [1.165, 1.54) is 0 Å². The molecular formula is C29H37NO11. The van der Waals surface area contributed by atoms with Crippen molar-refractivity contribution in [2.75, 3.05) is 6.61 Å². The van der Waals surface area contributed by atoms with E-state index in [0.29, 0.717) is 12.8 Å². The Hall–Kier alpha value is -3.38.